The number of aromatic nitrogens is 1. The summed E-state index contributed by atoms with van der Waals surface area (Å²) in [4.78, 5) is 4.35. The number of hydrogen-bond donors (Lipinski definition) is 1. The zero-order valence-corrected chi connectivity index (χ0v) is 12.4. The lowest BCUT2D eigenvalue weighted by atomic mass is 9.96. The first-order valence-corrected chi connectivity index (χ1v) is 6.68. The van der Waals surface area contributed by atoms with Crippen molar-refractivity contribution in [1.82, 2.24) is 4.98 Å². The molecule has 0 bridgehead atoms. The Kier molecular flexibility index (Phi) is 4.59. The van der Waals surface area contributed by atoms with Crippen LogP contribution < -0.4 is 5.32 Å². The standard InChI is InChI=1S/C11H16Br2N2/c1-4-11(3,5-2)15-10-9(13)6-8(12)7-14-10/h6-7H,4-5H2,1-3H3,(H,14,15). The van der Waals surface area contributed by atoms with Crippen molar-refractivity contribution in [2.75, 3.05) is 5.32 Å². The smallest absolute Gasteiger partial charge is 0.140 e. The molecule has 1 rings (SSSR count). The molecule has 0 unspecified atom stereocenters. The van der Waals surface area contributed by atoms with Gasteiger partial charge in [-0.3, -0.25) is 0 Å². The van der Waals surface area contributed by atoms with Gasteiger partial charge in [-0.25, -0.2) is 4.98 Å². The van der Waals surface area contributed by atoms with Crippen molar-refractivity contribution in [3.8, 4) is 0 Å². The minimum atomic E-state index is 0.114. The molecule has 0 radical (unpaired) electrons. The van der Waals surface area contributed by atoms with Gasteiger partial charge in [0, 0.05) is 16.2 Å². The number of nitrogens with one attached hydrogen (secondary N) is 1. The average molecular weight is 336 g/mol. The van der Waals surface area contributed by atoms with E-state index in [-0.39, 0.29) is 5.54 Å². The summed E-state index contributed by atoms with van der Waals surface area (Å²) >= 11 is 6.89. The molecule has 0 amide bonds. The molecule has 0 aliphatic rings. The van der Waals surface area contributed by atoms with E-state index >= 15 is 0 Å². The van der Waals surface area contributed by atoms with Gasteiger partial charge in [-0.05, 0) is 57.7 Å². The molecule has 0 spiro atoms. The highest BCUT2D eigenvalue weighted by Crippen LogP contribution is 2.28. The highest BCUT2D eigenvalue weighted by Gasteiger charge is 2.20. The lowest BCUT2D eigenvalue weighted by molar-refractivity contribution is 0.476. The molecule has 0 aromatic carbocycles. The maximum absolute atomic E-state index is 4.35. The Morgan fingerprint density at radius 2 is 1.93 bits per heavy atom. The minimum Gasteiger partial charge on any atom is -0.364 e. The fourth-order valence-electron chi connectivity index (χ4n) is 1.22. The molecule has 1 aromatic rings. The third-order valence-corrected chi connectivity index (χ3v) is 3.83. The summed E-state index contributed by atoms with van der Waals surface area (Å²) in [5.41, 5.74) is 0.114. The molecule has 84 valence electrons. The summed E-state index contributed by atoms with van der Waals surface area (Å²) < 4.78 is 1.97. The SMILES string of the molecule is CCC(C)(CC)Nc1ncc(Br)cc1Br. The summed E-state index contributed by atoms with van der Waals surface area (Å²) in [5, 5.41) is 3.47. The molecule has 0 saturated carbocycles. The number of pyridine rings is 1. The zero-order valence-electron chi connectivity index (χ0n) is 9.27. The second kappa shape index (κ2) is 5.30. The van der Waals surface area contributed by atoms with Gasteiger partial charge in [-0.2, -0.15) is 0 Å². The van der Waals surface area contributed by atoms with Crippen molar-refractivity contribution in [3.63, 3.8) is 0 Å². The fraction of sp³-hybridized carbons (Fsp3) is 0.545. The van der Waals surface area contributed by atoms with Crippen molar-refractivity contribution in [2.24, 2.45) is 0 Å². The first-order chi connectivity index (χ1) is 7.00. The van der Waals surface area contributed by atoms with Crippen LogP contribution in [0.25, 0.3) is 0 Å². The molecule has 0 atom stereocenters. The largest absolute Gasteiger partial charge is 0.364 e. The van der Waals surface area contributed by atoms with Gasteiger partial charge < -0.3 is 5.32 Å². The lowest BCUT2D eigenvalue weighted by Crippen LogP contribution is -2.33. The molecule has 0 saturated heterocycles. The highest BCUT2D eigenvalue weighted by molar-refractivity contribution is 9.11. The van der Waals surface area contributed by atoms with E-state index in [2.05, 4.69) is 62.9 Å². The van der Waals surface area contributed by atoms with E-state index in [9.17, 15) is 0 Å². The van der Waals surface area contributed by atoms with Crippen LogP contribution >= 0.6 is 31.9 Å². The number of hydrogen-bond acceptors (Lipinski definition) is 2. The Morgan fingerprint density at radius 3 is 2.40 bits per heavy atom. The van der Waals surface area contributed by atoms with E-state index in [0.29, 0.717) is 0 Å². The quantitative estimate of drug-likeness (QED) is 0.869. The molecule has 2 nitrogen and oxygen atoms in total. The second-order valence-electron chi connectivity index (χ2n) is 3.88. The van der Waals surface area contributed by atoms with E-state index < -0.39 is 0 Å². The monoisotopic (exact) mass is 334 g/mol. The Bertz CT molecular complexity index is 335. The van der Waals surface area contributed by atoms with Crippen molar-refractivity contribution < 1.29 is 0 Å². The molecule has 15 heavy (non-hydrogen) atoms. The summed E-state index contributed by atoms with van der Waals surface area (Å²) in [6.07, 6.45) is 3.96. The maximum atomic E-state index is 4.35. The molecular formula is C11H16Br2N2. The van der Waals surface area contributed by atoms with Crippen molar-refractivity contribution in [2.45, 2.75) is 39.2 Å². The highest BCUT2D eigenvalue weighted by atomic mass is 79.9. The fourth-order valence-corrected chi connectivity index (χ4v) is 2.31. The van der Waals surface area contributed by atoms with Gasteiger partial charge in [0.1, 0.15) is 5.82 Å². The van der Waals surface area contributed by atoms with Crippen LogP contribution in [0.5, 0.6) is 0 Å². The molecule has 1 heterocycles. The lowest BCUT2D eigenvalue weighted by Gasteiger charge is -2.29. The molecule has 0 aliphatic carbocycles. The zero-order chi connectivity index (χ0) is 11.5. The molecular weight excluding hydrogens is 320 g/mol. The van der Waals surface area contributed by atoms with Crippen LogP contribution in [0, 0.1) is 0 Å². The third-order valence-electron chi connectivity index (χ3n) is 2.79. The normalized spacial score (nSPS) is 11.5. The Morgan fingerprint density at radius 1 is 1.33 bits per heavy atom. The van der Waals surface area contributed by atoms with Gasteiger partial charge in [-0.1, -0.05) is 13.8 Å². The van der Waals surface area contributed by atoms with Crippen LogP contribution in [0.3, 0.4) is 0 Å². The molecule has 0 fully saturated rings. The first kappa shape index (κ1) is 13.0. The topological polar surface area (TPSA) is 24.9 Å². The van der Waals surface area contributed by atoms with Crippen LogP contribution in [0.4, 0.5) is 5.82 Å². The van der Waals surface area contributed by atoms with E-state index in [0.717, 1.165) is 27.6 Å². The summed E-state index contributed by atoms with van der Waals surface area (Å²) in [6, 6.07) is 2.00. The van der Waals surface area contributed by atoms with Crippen LogP contribution in [-0.4, -0.2) is 10.5 Å². The first-order valence-electron chi connectivity index (χ1n) is 5.10. The second-order valence-corrected chi connectivity index (χ2v) is 5.65. The summed E-state index contributed by atoms with van der Waals surface area (Å²) in [5.74, 6) is 0.907. The maximum Gasteiger partial charge on any atom is 0.140 e. The Balaban J connectivity index is 2.89. The summed E-state index contributed by atoms with van der Waals surface area (Å²) in [7, 11) is 0. The minimum absolute atomic E-state index is 0.114. The van der Waals surface area contributed by atoms with Crippen molar-refractivity contribution in [3.05, 3.63) is 21.2 Å². The van der Waals surface area contributed by atoms with Gasteiger partial charge in [0.15, 0.2) is 0 Å². The van der Waals surface area contributed by atoms with Crippen LogP contribution in [0.1, 0.15) is 33.6 Å². The van der Waals surface area contributed by atoms with Gasteiger partial charge in [0.2, 0.25) is 0 Å². The van der Waals surface area contributed by atoms with Gasteiger partial charge >= 0.3 is 0 Å². The number of anilines is 1. The van der Waals surface area contributed by atoms with E-state index in [4.69, 9.17) is 0 Å². The summed E-state index contributed by atoms with van der Waals surface area (Å²) in [6.45, 7) is 6.58. The Hall–Kier alpha value is -0.0900. The number of rotatable bonds is 4. The van der Waals surface area contributed by atoms with Crippen LogP contribution in [0.2, 0.25) is 0 Å². The van der Waals surface area contributed by atoms with Crippen LogP contribution in [0.15, 0.2) is 21.2 Å². The molecule has 4 heteroatoms. The van der Waals surface area contributed by atoms with Gasteiger partial charge in [0.05, 0.1) is 4.47 Å². The predicted molar refractivity (Wildman–Crippen MR) is 72.2 cm³/mol. The van der Waals surface area contributed by atoms with Gasteiger partial charge in [0.25, 0.3) is 0 Å². The molecule has 1 N–H and O–H groups in total. The average Bonchev–Trinajstić information content (AvgIpc) is 2.22. The molecule has 0 aliphatic heterocycles. The van der Waals surface area contributed by atoms with Crippen LogP contribution in [-0.2, 0) is 0 Å². The van der Waals surface area contributed by atoms with Crippen molar-refractivity contribution >= 4 is 37.7 Å². The van der Waals surface area contributed by atoms with E-state index in [1.54, 1.807) is 6.20 Å². The predicted octanol–water partition coefficient (Wildman–Crippen LogP) is 4.60. The molecule has 1 aromatic heterocycles. The number of nitrogens with zero attached hydrogens (tertiary/aromatic N) is 1. The Labute approximate surface area is 108 Å². The number of halogens is 2. The van der Waals surface area contributed by atoms with Gasteiger partial charge in [-0.15, -0.1) is 0 Å². The van der Waals surface area contributed by atoms with Crippen molar-refractivity contribution in [1.29, 1.82) is 0 Å². The van der Waals surface area contributed by atoms with E-state index in [1.165, 1.54) is 0 Å². The third kappa shape index (κ3) is 3.45. The van der Waals surface area contributed by atoms with E-state index in [1.807, 2.05) is 6.07 Å².